The zero-order chi connectivity index (χ0) is 29.4. The van der Waals surface area contributed by atoms with Crippen molar-refractivity contribution in [1.82, 2.24) is 9.97 Å². The summed E-state index contributed by atoms with van der Waals surface area (Å²) in [5, 5.41) is 0. The summed E-state index contributed by atoms with van der Waals surface area (Å²) in [6.45, 7) is 6.64. The second-order valence-electron chi connectivity index (χ2n) is 11.9. The van der Waals surface area contributed by atoms with Crippen LogP contribution in [-0.4, -0.2) is 9.97 Å². The van der Waals surface area contributed by atoms with Gasteiger partial charge in [0.05, 0.1) is 16.8 Å². The number of para-hydroxylation sites is 2. The maximum absolute atomic E-state index is 6.55. The lowest BCUT2D eigenvalue weighted by Crippen LogP contribution is -2.35. The first kappa shape index (κ1) is 26.7. The van der Waals surface area contributed by atoms with Crippen molar-refractivity contribution in [2.75, 3.05) is 0 Å². The van der Waals surface area contributed by atoms with Gasteiger partial charge in [-0.05, 0) is 77.2 Å². The molecule has 1 aliphatic rings. The number of pyridine rings is 2. The molecular weight excluding hydrogens is 528 g/mol. The Bertz CT molecular complexity index is 1880. The molecule has 0 aliphatic carbocycles. The van der Waals surface area contributed by atoms with Crippen molar-refractivity contribution in [2.24, 2.45) is 0 Å². The molecule has 0 fully saturated rings. The Labute approximate surface area is 252 Å². The van der Waals surface area contributed by atoms with Crippen molar-refractivity contribution in [3.63, 3.8) is 0 Å². The first-order valence-electron chi connectivity index (χ1n) is 14.6. The molecular formula is C39H32N2O2. The predicted octanol–water partition coefficient (Wildman–Crippen LogP) is 9.72. The minimum absolute atomic E-state index is 0.0389. The highest BCUT2D eigenvalue weighted by Gasteiger charge is 2.46. The molecule has 0 bridgehead atoms. The Morgan fingerprint density at radius 3 is 1.98 bits per heavy atom. The molecule has 0 saturated carbocycles. The van der Waals surface area contributed by atoms with Crippen molar-refractivity contribution in [3.05, 3.63) is 168 Å². The van der Waals surface area contributed by atoms with Gasteiger partial charge in [0.15, 0.2) is 0 Å². The highest BCUT2D eigenvalue weighted by Crippen LogP contribution is 2.55. The fraction of sp³-hybridized carbons (Fsp3) is 0.128. The largest absolute Gasteiger partial charge is 0.457 e. The third kappa shape index (κ3) is 4.75. The van der Waals surface area contributed by atoms with Crippen molar-refractivity contribution in [3.8, 4) is 34.3 Å². The number of rotatable bonds is 5. The molecule has 210 valence electrons. The Hall–Kier alpha value is -5.22. The van der Waals surface area contributed by atoms with Gasteiger partial charge in [0.1, 0.15) is 23.0 Å². The average Bonchev–Trinajstić information content (AvgIpc) is 3.04. The molecule has 0 N–H and O–H groups in total. The molecule has 43 heavy (non-hydrogen) atoms. The lowest BCUT2D eigenvalue weighted by atomic mass is 9.65. The molecule has 7 rings (SSSR count). The average molecular weight is 561 g/mol. The van der Waals surface area contributed by atoms with Gasteiger partial charge < -0.3 is 9.47 Å². The minimum atomic E-state index is -0.703. The summed E-state index contributed by atoms with van der Waals surface area (Å²) < 4.78 is 13.0. The Morgan fingerprint density at radius 2 is 1.28 bits per heavy atom. The highest BCUT2D eigenvalue weighted by molar-refractivity contribution is 5.69. The topological polar surface area (TPSA) is 44.2 Å². The van der Waals surface area contributed by atoms with Crippen LogP contribution in [0.25, 0.3) is 11.3 Å². The van der Waals surface area contributed by atoms with Gasteiger partial charge in [0.2, 0.25) is 0 Å². The van der Waals surface area contributed by atoms with Gasteiger partial charge in [-0.25, -0.2) is 0 Å². The number of nitrogens with zero attached hydrogens (tertiary/aromatic N) is 2. The van der Waals surface area contributed by atoms with E-state index < -0.39 is 5.41 Å². The fourth-order valence-electron chi connectivity index (χ4n) is 6.02. The number of hydrogen-bond donors (Lipinski definition) is 0. The minimum Gasteiger partial charge on any atom is -0.457 e. The predicted molar refractivity (Wildman–Crippen MR) is 171 cm³/mol. The fourth-order valence-corrected chi connectivity index (χ4v) is 6.02. The molecule has 2 aromatic heterocycles. The zero-order valence-electron chi connectivity index (χ0n) is 24.5. The van der Waals surface area contributed by atoms with Crippen LogP contribution in [0.15, 0.2) is 140 Å². The zero-order valence-corrected chi connectivity index (χ0v) is 24.5. The van der Waals surface area contributed by atoms with Gasteiger partial charge in [-0.3, -0.25) is 9.97 Å². The van der Waals surface area contributed by atoms with Gasteiger partial charge in [0.25, 0.3) is 0 Å². The lowest BCUT2D eigenvalue weighted by molar-refractivity contribution is 0.431. The standard InChI is InChI=1S/C39H32N2O2/c1-38(2,3)28-21-23-40-34(26-28)27-12-10-14-30(24-27)42-31-15-11-13-29(25-31)39(37-20-8-9-22-41-37)32-16-4-6-18-35(32)43-36-19-7-5-17-33(36)39/h4-26H,1-3H3. The summed E-state index contributed by atoms with van der Waals surface area (Å²) in [6.07, 6.45) is 3.74. The number of aromatic nitrogens is 2. The molecule has 0 atom stereocenters. The van der Waals surface area contributed by atoms with Crippen LogP contribution in [0.5, 0.6) is 23.0 Å². The first-order chi connectivity index (χ1) is 20.9. The van der Waals surface area contributed by atoms with E-state index in [0.717, 1.165) is 56.6 Å². The van der Waals surface area contributed by atoms with Crippen LogP contribution in [0.2, 0.25) is 0 Å². The van der Waals surface area contributed by atoms with Crippen LogP contribution in [0, 0.1) is 0 Å². The third-order valence-corrected chi connectivity index (χ3v) is 8.11. The Balaban J connectivity index is 1.34. The van der Waals surface area contributed by atoms with Crippen LogP contribution < -0.4 is 9.47 Å². The van der Waals surface area contributed by atoms with Crippen LogP contribution in [0.3, 0.4) is 0 Å². The maximum atomic E-state index is 6.55. The van der Waals surface area contributed by atoms with E-state index >= 15 is 0 Å². The number of fused-ring (bicyclic) bond motifs is 2. The van der Waals surface area contributed by atoms with Gasteiger partial charge >= 0.3 is 0 Å². The normalized spacial score (nSPS) is 13.4. The summed E-state index contributed by atoms with van der Waals surface area (Å²) in [7, 11) is 0. The van der Waals surface area contributed by atoms with Crippen LogP contribution in [0.1, 0.15) is 48.7 Å². The van der Waals surface area contributed by atoms with E-state index in [1.807, 2.05) is 73.1 Å². The smallest absolute Gasteiger partial charge is 0.132 e. The SMILES string of the molecule is CC(C)(C)c1ccnc(-c2cccc(Oc3cccc(C4(c5ccccn5)c5ccccc5Oc5ccccc54)c3)c2)c1. The maximum Gasteiger partial charge on any atom is 0.132 e. The summed E-state index contributed by atoms with van der Waals surface area (Å²) in [6, 6.07) is 43.2. The Kier molecular flexibility index (Phi) is 6.55. The van der Waals surface area contributed by atoms with Crippen molar-refractivity contribution >= 4 is 0 Å². The van der Waals surface area contributed by atoms with Gasteiger partial charge in [0, 0.05) is 29.1 Å². The molecule has 0 saturated heterocycles. The molecule has 6 aromatic rings. The molecule has 0 amide bonds. The van der Waals surface area contributed by atoms with E-state index in [1.54, 1.807) is 0 Å². The summed E-state index contributed by atoms with van der Waals surface area (Å²) in [5.74, 6) is 3.12. The second kappa shape index (κ2) is 10.6. The van der Waals surface area contributed by atoms with E-state index in [9.17, 15) is 0 Å². The second-order valence-corrected chi connectivity index (χ2v) is 11.9. The van der Waals surface area contributed by atoms with E-state index in [4.69, 9.17) is 14.5 Å². The summed E-state index contributed by atoms with van der Waals surface area (Å²) in [4.78, 5) is 9.59. The molecule has 4 nitrogen and oxygen atoms in total. The van der Waals surface area contributed by atoms with E-state index in [2.05, 4.69) is 92.5 Å². The van der Waals surface area contributed by atoms with Crippen molar-refractivity contribution < 1.29 is 9.47 Å². The number of hydrogen-bond acceptors (Lipinski definition) is 4. The van der Waals surface area contributed by atoms with Crippen LogP contribution in [0.4, 0.5) is 0 Å². The van der Waals surface area contributed by atoms with E-state index in [0.29, 0.717) is 0 Å². The van der Waals surface area contributed by atoms with Crippen molar-refractivity contribution in [2.45, 2.75) is 31.6 Å². The molecule has 3 heterocycles. The lowest BCUT2D eigenvalue weighted by Gasteiger charge is -2.40. The summed E-state index contributed by atoms with van der Waals surface area (Å²) in [5.41, 5.74) is 6.56. The molecule has 4 aromatic carbocycles. The molecule has 1 aliphatic heterocycles. The summed E-state index contributed by atoms with van der Waals surface area (Å²) >= 11 is 0. The quantitative estimate of drug-likeness (QED) is 0.210. The van der Waals surface area contributed by atoms with E-state index in [1.165, 1.54) is 5.56 Å². The molecule has 4 heteroatoms. The number of benzene rings is 4. The van der Waals surface area contributed by atoms with Crippen LogP contribution in [-0.2, 0) is 10.8 Å². The molecule has 0 unspecified atom stereocenters. The monoisotopic (exact) mass is 560 g/mol. The van der Waals surface area contributed by atoms with E-state index in [-0.39, 0.29) is 5.41 Å². The Morgan fingerprint density at radius 1 is 0.605 bits per heavy atom. The number of ether oxygens (including phenoxy) is 2. The van der Waals surface area contributed by atoms with Gasteiger partial charge in [-0.2, -0.15) is 0 Å². The molecule has 0 spiro atoms. The van der Waals surface area contributed by atoms with Crippen molar-refractivity contribution in [1.29, 1.82) is 0 Å². The van der Waals surface area contributed by atoms with Gasteiger partial charge in [-0.15, -0.1) is 0 Å². The third-order valence-electron chi connectivity index (χ3n) is 8.11. The first-order valence-corrected chi connectivity index (χ1v) is 14.6. The van der Waals surface area contributed by atoms with Crippen LogP contribution >= 0.6 is 0 Å². The molecule has 0 radical (unpaired) electrons. The highest BCUT2D eigenvalue weighted by atomic mass is 16.5. The van der Waals surface area contributed by atoms with Gasteiger partial charge in [-0.1, -0.05) is 87.5 Å².